The number of hydrogen-bond donors (Lipinski definition) is 1. The molecule has 0 aromatic carbocycles. The predicted octanol–water partition coefficient (Wildman–Crippen LogP) is 1.06. The van der Waals surface area contributed by atoms with Gasteiger partial charge in [0.15, 0.2) is 0 Å². The molecule has 0 bridgehead atoms. The average Bonchev–Trinajstić information content (AvgIpc) is 3.05. The quantitative estimate of drug-likeness (QED) is 0.904. The zero-order chi connectivity index (χ0) is 15.7. The van der Waals surface area contributed by atoms with Gasteiger partial charge in [0.1, 0.15) is 5.76 Å². The van der Waals surface area contributed by atoms with Gasteiger partial charge in [-0.15, -0.1) is 0 Å². The fraction of sp³-hybridized carbons (Fsp3) is 0.750. The van der Waals surface area contributed by atoms with E-state index in [1.807, 2.05) is 18.7 Å². The first kappa shape index (κ1) is 15.5. The second-order valence-corrected chi connectivity index (χ2v) is 6.55. The van der Waals surface area contributed by atoms with Gasteiger partial charge in [-0.25, -0.2) is 4.98 Å². The van der Waals surface area contributed by atoms with Gasteiger partial charge in [-0.3, -0.25) is 9.69 Å². The van der Waals surface area contributed by atoms with E-state index in [1.54, 1.807) is 0 Å². The minimum Gasteiger partial charge on any atom is -0.444 e. The lowest BCUT2D eigenvalue weighted by Gasteiger charge is -2.36. The Balaban J connectivity index is 1.50. The van der Waals surface area contributed by atoms with Crippen LogP contribution in [-0.2, 0) is 11.3 Å². The monoisotopic (exact) mass is 306 g/mol. The first-order valence-corrected chi connectivity index (χ1v) is 8.24. The zero-order valence-corrected chi connectivity index (χ0v) is 13.5. The van der Waals surface area contributed by atoms with Crippen LogP contribution in [0.2, 0.25) is 0 Å². The molecule has 1 aromatic heterocycles. The summed E-state index contributed by atoms with van der Waals surface area (Å²) in [5.41, 5.74) is 7.01. The molecule has 6 heteroatoms. The van der Waals surface area contributed by atoms with E-state index in [-0.39, 0.29) is 17.9 Å². The molecular formula is C16H26N4O2. The van der Waals surface area contributed by atoms with E-state index in [2.05, 4.69) is 9.88 Å². The number of aryl methyl sites for hydroxylation is 2. The highest BCUT2D eigenvalue weighted by molar-refractivity contribution is 5.80. The minimum absolute atomic E-state index is 0.0450. The van der Waals surface area contributed by atoms with Crippen LogP contribution in [0, 0.1) is 19.8 Å². The third-order valence-corrected chi connectivity index (χ3v) is 5.00. The highest BCUT2D eigenvalue weighted by Gasteiger charge is 2.34. The molecule has 1 aliphatic heterocycles. The Bertz CT molecular complexity index is 515. The number of carbonyl (C=O) groups is 1. The molecule has 0 radical (unpaired) electrons. The number of hydrogen-bond acceptors (Lipinski definition) is 5. The summed E-state index contributed by atoms with van der Waals surface area (Å²) in [4.78, 5) is 21.2. The molecule has 1 aromatic rings. The summed E-state index contributed by atoms with van der Waals surface area (Å²) in [6, 6.07) is 0.0591. The second kappa shape index (κ2) is 6.38. The van der Waals surface area contributed by atoms with E-state index in [0.717, 1.165) is 69.3 Å². The van der Waals surface area contributed by atoms with Crippen molar-refractivity contribution in [1.29, 1.82) is 0 Å². The van der Waals surface area contributed by atoms with Crippen LogP contribution in [0.15, 0.2) is 4.42 Å². The van der Waals surface area contributed by atoms with E-state index in [9.17, 15) is 4.79 Å². The number of amides is 1. The maximum absolute atomic E-state index is 12.5. The van der Waals surface area contributed by atoms with Crippen molar-refractivity contribution in [3.63, 3.8) is 0 Å². The first-order valence-electron chi connectivity index (χ1n) is 8.24. The third-order valence-electron chi connectivity index (χ3n) is 5.00. The number of aromatic nitrogens is 1. The highest BCUT2D eigenvalue weighted by atomic mass is 16.4. The van der Waals surface area contributed by atoms with Crippen molar-refractivity contribution < 1.29 is 9.21 Å². The van der Waals surface area contributed by atoms with Crippen molar-refractivity contribution in [1.82, 2.24) is 14.8 Å². The van der Waals surface area contributed by atoms with Gasteiger partial charge < -0.3 is 15.1 Å². The van der Waals surface area contributed by atoms with E-state index < -0.39 is 0 Å². The van der Waals surface area contributed by atoms with Gasteiger partial charge in [0.2, 0.25) is 11.8 Å². The highest BCUT2D eigenvalue weighted by Crippen LogP contribution is 2.26. The summed E-state index contributed by atoms with van der Waals surface area (Å²) in [7, 11) is 0. The molecule has 1 saturated heterocycles. The van der Waals surface area contributed by atoms with Crippen molar-refractivity contribution in [3.8, 4) is 0 Å². The van der Waals surface area contributed by atoms with Crippen LogP contribution in [0.5, 0.6) is 0 Å². The van der Waals surface area contributed by atoms with Crippen molar-refractivity contribution in [2.24, 2.45) is 11.7 Å². The molecule has 122 valence electrons. The first-order chi connectivity index (χ1) is 10.5. The second-order valence-electron chi connectivity index (χ2n) is 6.55. The summed E-state index contributed by atoms with van der Waals surface area (Å²) in [5.74, 6) is 1.96. The van der Waals surface area contributed by atoms with Crippen molar-refractivity contribution in [2.75, 3.05) is 26.2 Å². The number of oxazole rings is 1. The molecule has 1 amide bonds. The van der Waals surface area contributed by atoms with Gasteiger partial charge in [0.05, 0.1) is 18.2 Å². The Hall–Kier alpha value is -1.40. The molecule has 22 heavy (non-hydrogen) atoms. The molecule has 2 aliphatic rings. The summed E-state index contributed by atoms with van der Waals surface area (Å²) in [6.07, 6.45) is 3.02. The van der Waals surface area contributed by atoms with Crippen LogP contribution >= 0.6 is 0 Å². The number of nitrogens with two attached hydrogens (primary N) is 1. The number of nitrogens with zero attached hydrogens (tertiary/aromatic N) is 3. The number of carbonyl (C=O) groups excluding carboxylic acids is 1. The Labute approximate surface area is 131 Å². The van der Waals surface area contributed by atoms with Gasteiger partial charge in [-0.05, 0) is 26.7 Å². The smallest absolute Gasteiger partial charge is 0.227 e. The van der Waals surface area contributed by atoms with Crippen LogP contribution in [0.4, 0.5) is 0 Å². The molecular weight excluding hydrogens is 280 g/mol. The number of piperazine rings is 1. The van der Waals surface area contributed by atoms with E-state index in [0.29, 0.717) is 0 Å². The molecule has 1 saturated carbocycles. The van der Waals surface area contributed by atoms with Crippen molar-refractivity contribution in [2.45, 2.75) is 45.7 Å². The summed E-state index contributed by atoms with van der Waals surface area (Å²) < 4.78 is 5.64. The Morgan fingerprint density at radius 3 is 2.55 bits per heavy atom. The van der Waals surface area contributed by atoms with Gasteiger partial charge in [0.25, 0.3) is 0 Å². The van der Waals surface area contributed by atoms with E-state index in [4.69, 9.17) is 10.2 Å². The third kappa shape index (κ3) is 3.17. The molecule has 6 nitrogen and oxygen atoms in total. The van der Waals surface area contributed by atoms with E-state index >= 15 is 0 Å². The van der Waals surface area contributed by atoms with Crippen LogP contribution in [0.25, 0.3) is 0 Å². The lowest BCUT2D eigenvalue weighted by atomic mass is 10.0. The molecule has 0 spiro atoms. The summed E-state index contributed by atoms with van der Waals surface area (Å²) >= 11 is 0. The SMILES string of the molecule is Cc1nc(CN2CCN(C(=O)[C@H]3CCC[C@@H]3N)CC2)oc1C. The maximum Gasteiger partial charge on any atom is 0.227 e. The minimum atomic E-state index is 0.0450. The van der Waals surface area contributed by atoms with Crippen LogP contribution in [0.1, 0.15) is 36.6 Å². The zero-order valence-electron chi connectivity index (χ0n) is 13.5. The average molecular weight is 306 g/mol. The van der Waals surface area contributed by atoms with Gasteiger partial charge in [0, 0.05) is 32.2 Å². The molecule has 2 fully saturated rings. The fourth-order valence-corrected chi connectivity index (χ4v) is 3.45. The molecule has 3 rings (SSSR count). The van der Waals surface area contributed by atoms with Crippen LogP contribution < -0.4 is 5.73 Å². The standard InChI is InChI=1S/C16H26N4O2/c1-11-12(2)22-15(18-11)10-19-6-8-20(9-7-19)16(21)13-4-3-5-14(13)17/h13-14H,3-10,17H2,1-2H3/t13-,14-/m0/s1. The molecule has 0 unspecified atom stereocenters. The molecule has 1 aliphatic carbocycles. The number of rotatable bonds is 3. The lowest BCUT2D eigenvalue weighted by molar-refractivity contribution is -0.137. The summed E-state index contributed by atoms with van der Waals surface area (Å²) in [5, 5.41) is 0. The Kier molecular flexibility index (Phi) is 4.49. The van der Waals surface area contributed by atoms with Crippen molar-refractivity contribution in [3.05, 3.63) is 17.3 Å². The van der Waals surface area contributed by atoms with Crippen LogP contribution in [0.3, 0.4) is 0 Å². The normalized spacial score (nSPS) is 26.6. The van der Waals surface area contributed by atoms with Crippen LogP contribution in [-0.4, -0.2) is 52.9 Å². The largest absolute Gasteiger partial charge is 0.444 e. The molecule has 2 heterocycles. The lowest BCUT2D eigenvalue weighted by Crippen LogP contribution is -2.51. The van der Waals surface area contributed by atoms with Gasteiger partial charge >= 0.3 is 0 Å². The predicted molar refractivity (Wildman–Crippen MR) is 83.2 cm³/mol. The topological polar surface area (TPSA) is 75.6 Å². The van der Waals surface area contributed by atoms with Gasteiger partial charge in [-0.1, -0.05) is 6.42 Å². The Morgan fingerprint density at radius 1 is 1.27 bits per heavy atom. The molecule has 2 N–H and O–H groups in total. The van der Waals surface area contributed by atoms with Crippen molar-refractivity contribution >= 4 is 5.91 Å². The Morgan fingerprint density at radius 2 is 2.00 bits per heavy atom. The summed E-state index contributed by atoms with van der Waals surface area (Å²) in [6.45, 7) is 7.92. The van der Waals surface area contributed by atoms with E-state index in [1.165, 1.54) is 0 Å². The molecule has 2 atom stereocenters. The maximum atomic E-state index is 12.5. The fourth-order valence-electron chi connectivity index (χ4n) is 3.45. The van der Waals surface area contributed by atoms with Gasteiger partial charge in [-0.2, -0.15) is 0 Å².